The summed E-state index contributed by atoms with van der Waals surface area (Å²) in [5.41, 5.74) is -0.586. The van der Waals surface area contributed by atoms with E-state index in [-0.39, 0.29) is 16.3 Å². The second kappa shape index (κ2) is 5.68. The summed E-state index contributed by atoms with van der Waals surface area (Å²) < 4.78 is 26.3. The van der Waals surface area contributed by atoms with Gasteiger partial charge in [0.15, 0.2) is 0 Å². The average molecular weight is 333 g/mol. The lowest BCUT2D eigenvalue weighted by Crippen LogP contribution is -2.42. The highest BCUT2D eigenvalue weighted by Crippen LogP contribution is 2.33. The topological polar surface area (TPSA) is 94.9 Å². The molecule has 2 N–H and O–H groups in total. The van der Waals surface area contributed by atoms with Gasteiger partial charge in [0.1, 0.15) is 9.77 Å². The number of carbonyl (C=O) groups is 1. The van der Waals surface area contributed by atoms with Gasteiger partial charge in [-0.15, -0.1) is 11.3 Å². The fourth-order valence-electron chi connectivity index (χ4n) is 2.75. The lowest BCUT2D eigenvalue weighted by molar-refractivity contribution is 0.0333. The van der Waals surface area contributed by atoms with Crippen LogP contribution in [0.25, 0.3) is 0 Å². The van der Waals surface area contributed by atoms with Crippen molar-refractivity contribution in [2.45, 2.75) is 43.1 Å². The van der Waals surface area contributed by atoms with Crippen molar-refractivity contribution in [1.29, 1.82) is 0 Å². The maximum absolute atomic E-state index is 12.6. The van der Waals surface area contributed by atoms with Crippen LogP contribution in [0.1, 0.15) is 40.9 Å². The number of sulfonamides is 1. The van der Waals surface area contributed by atoms with Crippen molar-refractivity contribution in [2.24, 2.45) is 0 Å². The van der Waals surface area contributed by atoms with E-state index >= 15 is 0 Å². The molecule has 1 aromatic rings. The van der Waals surface area contributed by atoms with Crippen LogP contribution in [0.3, 0.4) is 0 Å². The number of hydrogen-bond acceptors (Lipinski definition) is 5. The molecule has 6 nitrogen and oxygen atoms in total. The maximum Gasteiger partial charge on any atom is 0.347 e. The molecule has 1 aromatic heterocycles. The van der Waals surface area contributed by atoms with Gasteiger partial charge in [-0.3, -0.25) is 0 Å². The molecule has 21 heavy (non-hydrogen) atoms. The minimum absolute atomic E-state index is 0.0102. The van der Waals surface area contributed by atoms with Crippen molar-refractivity contribution in [1.82, 2.24) is 4.31 Å². The molecule has 0 atom stereocenters. The number of rotatable bonds is 5. The van der Waals surface area contributed by atoms with Crippen LogP contribution in [0.2, 0.25) is 0 Å². The normalized spacial score (nSPS) is 18.3. The molecular weight excluding hydrogens is 314 g/mol. The average Bonchev–Trinajstić information content (AvgIpc) is 2.95. The summed E-state index contributed by atoms with van der Waals surface area (Å²) in [6.07, 6.45) is 2.90. The number of carboxylic acid groups (broad SMARTS) is 1. The molecule has 1 fully saturated rings. The molecule has 0 aromatic carbocycles. The summed E-state index contributed by atoms with van der Waals surface area (Å²) >= 11 is 0.903. The van der Waals surface area contributed by atoms with E-state index in [4.69, 9.17) is 5.11 Å². The van der Waals surface area contributed by atoms with E-state index < -0.39 is 21.6 Å². The fraction of sp³-hybridized carbons (Fsp3) is 0.615. The Hall–Kier alpha value is -0.960. The predicted octanol–water partition coefficient (Wildman–Crippen LogP) is 1.68. The van der Waals surface area contributed by atoms with Gasteiger partial charge < -0.3 is 10.2 Å². The SMILES string of the molecule is Cc1csc(C(=O)O)c1S(=O)(=O)N(C)CC1(O)CCCC1. The number of thiophene rings is 1. The van der Waals surface area contributed by atoms with E-state index in [0.717, 1.165) is 28.5 Å². The van der Waals surface area contributed by atoms with Gasteiger partial charge >= 0.3 is 5.97 Å². The van der Waals surface area contributed by atoms with Gasteiger partial charge in [0.2, 0.25) is 10.0 Å². The van der Waals surface area contributed by atoms with Gasteiger partial charge in [-0.25, -0.2) is 13.2 Å². The zero-order valence-corrected chi connectivity index (χ0v) is 13.6. The first-order chi connectivity index (χ1) is 9.67. The van der Waals surface area contributed by atoms with Crippen molar-refractivity contribution in [2.75, 3.05) is 13.6 Å². The Balaban J connectivity index is 2.33. The van der Waals surface area contributed by atoms with Gasteiger partial charge in [-0.05, 0) is 30.7 Å². The molecule has 0 amide bonds. The Bertz CT molecular complexity index is 644. The number of likely N-dealkylation sites (N-methyl/N-ethyl adjacent to an activating group) is 1. The summed E-state index contributed by atoms with van der Waals surface area (Å²) in [6.45, 7) is 1.57. The number of aryl methyl sites for hydroxylation is 1. The van der Waals surface area contributed by atoms with E-state index in [1.165, 1.54) is 12.4 Å². The van der Waals surface area contributed by atoms with Crippen molar-refractivity contribution >= 4 is 27.3 Å². The van der Waals surface area contributed by atoms with E-state index in [9.17, 15) is 18.3 Å². The smallest absolute Gasteiger partial charge is 0.347 e. The number of aliphatic hydroxyl groups is 1. The third-order valence-corrected chi connectivity index (χ3v) is 7.04. The molecule has 1 heterocycles. The van der Waals surface area contributed by atoms with Gasteiger partial charge in [0.05, 0.1) is 5.60 Å². The largest absolute Gasteiger partial charge is 0.477 e. The molecule has 0 unspecified atom stereocenters. The third kappa shape index (κ3) is 3.13. The molecule has 1 saturated carbocycles. The number of aromatic carboxylic acids is 1. The zero-order chi connectivity index (χ0) is 15.8. The third-order valence-electron chi connectivity index (χ3n) is 3.83. The zero-order valence-electron chi connectivity index (χ0n) is 12.0. The van der Waals surface area contributed by atoms with Gasteiger partial charge in [-0.2, -0.15) is 4.31 Å². The Labute approximate surface area is 128 Å². The number of nitrogens with zero attached hydrogens (tertiary/aromatic N) is 1. The predicted molar refractivity (Wildman–Crippen MR) is 79.2 cm³/mol. The van der Waals surface area contributed by atoms with Crippen LogP contribution in [0.5, 0.6) is 0 Å². The number of hydrogen-bond donors (Lipinski definition) is 2. The fourth-order valence-corrected chi connectivity index (χ4v) is 5.57. The Morgan fingerprint density at radius 1 is 1.43 bits per heavy atom. The minimum atomic E-state index is -3.92. The Morgan fingerprint density at radius 3 is 2.52 bits per heavy atom. The second-order valence-corrected chi connectivity index (χ2v) is 8.44. The monoisotopic (exact) mass is 333 g/mol. The summed E-state index contributed by atoms with van der Waals surface area (Å²) in [5.74, 6) is -1.25. The minimum Gasteiger partial charge on any atom is -0.477 e. The molecule has 0 spiro atoms. The Morgan fingerprint density at radius 2 is 2.00 bits per heavy atom. The summed E-state index contributed by atoms with van der Waals surface area (Å²) in [4.78, 5) is 10.8. The van der Waals surface area contributed by atoms with Crippen molar-refractivity contribution < 1.29 is 23.4 Å². The van der Waals surface area contributed by atoms with Crippen LogP contribution in [0, 0.1) is 6.92 Å². The Kier molecular flexibility index (Phi) is 4.44. The van der Waals surface area contributed by atoms with Crippen LogP contribution in [0.15, 0.2) is 10.3 Å². The highest BCUT2D eigenvalue weighted by molar-refractivity contribution is 7.89. The first-order valence-corrected chi connectivity index (χ1v) is 8.99. The molecule has 0 aliphatic heterocycles. The summed E-state index contributed by atoms with van der Waals surface area (Å²) in [7, 11) is -2.54. The molecule has 8 heteroatoms. The highest BCUT2D eigenvalue weighted by Gasteiger charge is 2.37. The van der Waals surface area contributed by atoms with Crippen LogP contribution >= 0.6 is 11.3 Å². The van der Waals surface area contributed by atoms with Crippen molar-refractivity contribution in [3.8, 4) is 0 Å². The molecule has 0 bridgehead atoms. The molecular formula is C13H19NO5S2. The number of carboxylic acids is 1. The van der Waals surface area contributed by atoms with Crippen LogP contribution in [-0.4, -0.2) is 48.1 Å². The van der Waals surface area contributed by atoms with Crippen molar-refractivity contribution in [3.63, 3.8) is 0 Å². The first kappa shape index (κ1) is 16.4. The molecule has 118 valence electrons. The molecule has 1 aliphatic carbocycles. The van der Waals surface area contributed by atoms with E-state index in [0.29, 0.717) is 18.4 Å². The van der Waals surface area contributed by atoms with Crippen LogP contribution in [-0.2, 0) is 10.0 Å². The lowest BCUT2D eigenvalue weighted by atomic mass is 10.0. The second-order valence-electron chi connectivity index (χ2n) is 5.57. The van der Waals surface area contributed by atoms with Gasteiger partial charge in [-0.1, -0.05) is 12.8 Å². The summed E-state index contributed by atoms with van der Waals surface area (Å²) in [6, 6.07) is 0. The van der Waals surface area contributed by atoms with E-state index in [1.807, 2.05) is 0 Å². The molecule has 0 saturated heterocycles. The maximum atomic E-state index is 12.6. The van der Waals surface area contributed by atoms with E-state index in [2.05, 4.69) is 0 Å². The standard InChI is InChI=1S/C13H19NO5S2/c1-9-7-20-10(12(15)16)11(9)21(18,19)14(2)8-13(17)5-3-4-6-13/h7,17H,3-6,8H2,1-2H3,(H,15,16). The molecule has 2 rings (SSSR count). The van der Waals surface area contributed by atoms with Crippen LogP contribution < -0.4 is 0 Å². The van der Waals surface area contributed by atoms with Crippen LogP contribution in [0.4, 0.5) is 0 Å². The van der Waals surface area contributed by atoms with Crippen molar-refractivity contribution in [3.05, 3.63) is 15.8 Å². The first-order valence-electron chi connectivity index (χ1n) is 6.67. The van der Waals surface area contributed by atoms with Gasteiger partial charge in [0.25, 0.3) is 0 Å². The molecule has 0 radical (unpaired) electrons. The molecule has 1 aliphatic rings. The summed E-state index contributed by atoms with van der Waals surface area (Å²) in [5, 5.41) is 21.0. The van der Waals surface area contributed by atoms with E-state index in [1.54, 1.807) is 6.92 Å². The lowest BCUT2D eigenvalue weighted by Gasteiger charge is -2.28. The van der Waals surface area contributed by atoms with Gasteiger partial charge in [0, 0.05) is 13.6 Å². The highest BCUT2D eigenvalue weighted by atomic mass is 32.2. The quantitative estimate of drug-likeness (QED) is 0.855.